The van der Waals surface area contributed by atoms with Gasteiger partial charge in [0.1, 0.15) is 0 Å². The third kappa shape index (κ3) is 3.79. The van der Waals surface area contributed by atoms with E-state index in [-0.39, 0.29) is 17.1 Å². The Morgan fingerprint density at radius 1 is 1.10 bits per heavy atom. The van der Waals surface area contributed by atoms with E-state index in [2.05, 4.69) is 24.9 Å². The third-order valence-corrected chi connectivity index (χ3v) is 6.35. The van der Waals surface area contributed by atoms with E-state index < -0.39 is 0 Å². The maximum atomic E-state index is 13.0. The van der Waals surface area contributed by atoms with Gasteiger partial charge in [-0.05, 0) is 30.5 Å². The second-order valence-electron chi connectivity index (χ2n) is 7.33. The molecule has 0 aliphatic heterocycles. The van der Waals surface area contributed by atoms with Crippen LogP contribution in [-0.2, 0) is 13.0 Å². The maximum absolute atomic E-state index is 13.0. The van der Waals surface area contributed by atoms with Crippen LogP contribution < -0.4 is 5.56 Å². The number of nitrogens with zero attached hydrogens (tertiary/aromatic N) is 2. The Morgan fingerprint density at radius 2 is 1.90 bits per heavy atom. The summed E-state index contributed by atoms with van der Waals surface area (Å²) in [6.45, 7) is 4.81. The summed E-state index contributed by atoms with van der Waals surface area (Å²) in [5.74, 6) is 0.268. The lowest BCUT2D eigenvalue weighted by Crippen LogP contribution is -2.23. The van der Waals surface area contributed by atoms with Gasteiger partial charge in [-0.25, -0.2) is 4.98 Å². The Morgan fingerprint density at radius 3 is 2.70 bits per heavy atom. The van der Waals surface area contributed by atoms with Crippen LogP contribution in [0.25, 0.3) is 21.8 Å². The highest BCUT2D eigenvalue weighted by Crippen LogP contribution is 2.25. The number of rotatable bonds is 8. The minimum absolute atomic E-state index is 0.0314. The SMILES string of the molecule is CCCCn1c(SCC(=O)c2c[nH]c3c(CC)cccc23)nc2ccccc2c1=O. The van der Waals surface area contributed by atoms with Crippen molar-refractivity contribution in [3.8, 4) is 0 Å². The van der Waals surface area contributed by atoms with Gasteiger partial charge in [0, 0.05) is 29.2 Å². The average molecular weight is 420 g/mol. The molecule has 0 radical (unpaired) electrons. The van der Waals surface area contributed by atoms with Crippen molar-refractivity contribution in [2.45, 2.75) is 44.8 Å². The number of ketones is 1. The zero-order valence-electron chi connectivity index (χ0n) is 17.3. The van der Waals surface area contributed by atoms with Gasteiger partial charge in [-0.1, -0.05) is 62.4 Å². The Hall–Kier alpha value is -2.86. The van der Waals surface area contributed by atoms with Crippen LogP contribution in [0, 0.1) is 0 Å². The van der Waals surface area contributed by atoms with E-state index in [0.29, 0.717) is 28.2 Å². The second kappa shape index (κ2) is 8.88. The van der Waals surface area contributed by atoms with Gasteiger partial charge in [0.25, 0.3) is 5.56 Å². The Bertz CT molecular complexity index is 1270. The molecule has 0 amide bonds. The second-order valence-corrected chi connectivity index (χ2v) is 8.27. The Balaban J connectivity index is 1.65. The number of nitrogens with one attached hydrogen (secondary N) is 1. The largest absolute Gasteiger partial charge is 0.360 e. The number of hydrogen-bond acceptors (Lipinski definition) is 4. The Labute approximate surface area is 179 Å². The number of thioether (sulfide) groups is 1. The van der Waals surface area contributed by atoms with E-state index in [9.17, 15) is 9.59 Å². The fourth-order valence-electron chi connectivity index (χ4n) is 3.72. The van der Waals surface area contributed by atoms with Gasteiger partial charge in [-0.2, -0.15) is 0 Å². The molecule has 4 aromatic rings. The smallest absolute Gasteiger partial charge is 0.262 e. The number of aromatic amines is 1. The summed E-state index contributed by atoms with van der Waals surface area (Å²) in [6.07, 6.45) is 4.58. The summed E-state index contributed by atoms with van der Waals surface area (Å²) in [5.41, 5.74) is 3.55. The summed E-state index contributed by atoms with van der Waals surface area (Å²) in [5, 5.41) is 2.18. The number of Topliss-reactive ketones (excluding diaryl/α,β-unsaturated/α-hetero) is 1. The molecule has 0 aliphatic carbocycles. The monoisotopic (exact) mass is 419 g/mol. The van der Waals surface area contributed by atoms with Crippen LogP contribution in [0.2, 0.25) is 0 Å². The Kier molecular flexibility index (Phi) is 6.04. The molecule has 154 valence electrons. The van der Waals surface area contributed by atoms with Gasteiger partial charge in [0.2, 0.25) is 0 Å². The van der Waals surface area contributed by atoms with Crippen molar-refractivity contribution in [2.24, 2.45) is 0 Å². The minimum Gasteiger partial charge on any atom is -0.360 e. The molecule has 6 heteroatoms. The normalized spacial score (nSPS) is 11.4. The highest BCUT2D eigenvalue weighted by atomic mass is 32.2. The lowest BCUT2D eigenvalue weighted by Gasteiger charge is -2.12. The molecular weight excluding hydrogens is 394 g/mol. The van der Waals surface area contributed by atoms with Crippen molar-refractivity contribution in [1.82, 2.24) is 14.5 Å². The van der Waals surface area contributed by atoms with E-state index in [1.54, 1.807) is 10.8 Å². The van der Waals surface area contributed by atoms with E-state index in [0.717, 1.165) is 30.2 Å². The predicted octanol–water partition coefficient (Wildman–Crippen LogP) is 5.22. The van der Waals surface area contributed by atoms with Crippen LogP contribution in [0.5, 0.6) is 0 Å². The zero-order valence-corrected chi connectivity index (χ0v) is 18.1. The maximum Gasteiger partial charge on any atom is 0.262 e. The van der Waals surface area contributed by atoms with Crippen LogP contribution >= 0.6 is 11.8 Å². The molecule has 2 aromatic heterocycles. The first-order valence-electron chi connectivity index (χ1n) is 10.4. The number of carbonyl (C=O) groups excluding carboxylic acids is 1. The van der Waals surface area contributed by atoms with Gasteiger partial charge in [-0.15, -0.1) is 0 Å². The van der Waals surface area contributed by atoms with Crippen molar-refractivity contribution in [2.75, 3.05) is 5.75 Å². The standard InChI is InChI=1S/C24H25N3O2S/c1-3-5-13-27-23(29)18-10-6-7-12-20(18)26-24(27)30-15-21(28)19-14-25-22-16(4-2)9-8-11-17(19)22/h6-12,14,25H,3-5,13,15H2,1-2H3. The summed E-state index contributed by atoms with van der Waals surface area (Å²) in [6, 6.07) is 13.4. The fraction of sp³-hybridized carbons (Fsp3) is 0.292. The van der Waals surface area contributed by atoms with Crippen molar-refractivity contribution >= 4 is 39.4 Å². The molecule has 2 heterocycles. The van der Waals surface area contributed by atoms with Crippen LogP contribution in [0.1, 0.15) is 42.6 Å². The number of unbranched alkanes of at least 4 members (excludes halogenated alkanes) is 1. The molecule has 0 saturated carbocycles. The number of fused-ring (bicyclic) bond motifs is 2. The van der Waals surface area contributed by atoms with E-state index in [1.807, 2.05) is 36.4 Å². The number of para-hydroxylation sites is 2. The molecule has 30 heavy (non-hydrogen) atoms. The fourth-order valence-corrected chi connectivity index (χ4v) is 4.63. The lowest BCUT2D eigenvalue weighted by atomic mass is 10.1. The van der Waals surface area contributed by atoms with Crippen LogP contribution in [0.3, 0.4) is 0 Å². The van der Waals surface area contributed by atoms with Crippen LogP contribution in [0.4, 0.5) is 0 Å². The van der Waals surface area contributed by atoms with Gasteiger partial charge in [0.15, 0.2) is 10.9 Å². The molecule has 0 aliphatic rings. The van der Waals surface area contributed by atoms with Crippen LogP contribution in [0.15, 0.2) is 58.6 Å². The molecule has 4 rings (SSSR count). The summed E-state index contributed by atoms with van der Waals surface area (Å²) in [7, 11) is 0. The lowest BCUT2D eigenvalue weighted by molar-refractivity contribution is 0.102. The van der Waals surface area contributed by atoms with Gasteiger partial charge < -0.3 is 4.98 Å². The number of benzene rings is 2. The van der Waals surface area contributed by atoms with Gasteiger partial charge in [-0.3, -0.25) is 14.2 Å². The van der Waals surface area contributed by atoms with Crippen molar-refractivity contribution in [3.05, 3.63) is 70.1 Å². The highest BCUT2D eigenvalue weighted by molar-refractivity contribution is 7.99. The summed E-state index contributed by atoms with van der Waals surface area (Å²) in [4.78, 5) is 34.0. The number of aromatic nitrogens is 3. The molecule has 0 unspecified atom stereocenters. The predicted molar refractivity (Wildman–Crippen MR) is 124 cm³/mol. The first-order chi connectivity index (χ1) is 14.6. The number of aryl methyl sites for hydroxylation is 1. The molecular formula is C24H25N3O2S. The topological polar surface area (TPSA) is 67.8 Å². The molecule has 5 nitrogen and oxygen atoms in total. The van der Waals surface area contributed by atoms with Crippen molar-refractivity contribution in [1.29, 1.82) is 0 Å². The van der Waals surface area contributed by atoms with Gasteiger partial charge >= 0.3 is 0 Å². The molecule has 0 atom stereocenters. The van der Waals surface area contributed by atoms with E-state index >= 15 is 0 Å². The molecule has 0 saturated heterocycles. The minimum atomic E-state index is -0.0383. The highest BCUT2D eigenvalue weighted by Gasteiger charge is 2.17. The quantitative estimate of drug-likeness (QED) is 0.242. The first kappa shape index (κ1) is 20.4. The number of H-pyrrole nitrogens is 1. The van der Waals surface area contributed by atoms with Crippen LogP contribution in [-0.4, -0.2) is 26.1 Å². The number of carbonyl (C=O) groups is 1. The first-order valence-corrected chi connectivity index (χ1v) is 11.4. The van der Waals surface area contributed by atoms with Crippen molar-refractivity contribution < 1.29 is 4.79 Å². The van der Waals surface area contributed by atoms with Gasteiger partial charge in [0.05, 0.1) is 16.7 Å². The van der Waals surface area contributed by atoms with E-state index in [4.69, 9.17) is 4.98 Å². The summed E-state index contributed by atoms with van der Waals surface area (Å²) < 4.78 is 1.72. The van der Waals surface area contributed by atoms with E-state index in [1.165, 1.54) is 17.3 Å². The molecule has 2 aromatic carbocycles. The number of hydrogen-bond donors (Lipinski definition) is 1. The van der Waals surface area contributed by atoms with Crippen molar-refractivity contribution in [3.63, 3.8) is 0 Å². The zero-order chi connectivity index (χ0) is 21.1. The average Bonchev–Trinajstić information content (AvgIpc) is 3.21. The molecule has 1 N–H and O–H groups in total. The molecule has 0 bridgehead atoms. The summed E-state index contributed by atoms with van der Waals surface area (Å²) >= 11 is 1.34. The molecule has 0 fully saturated rings. The molecule has 0 spiro atoms. The third-order valence-electron chi connectivity index (χ3n) is 5.38.